The van der Waals surface area contributed by atoms with Crippen LogP contribution in [0.5, 0.6) is 0 Å². The fourth-order valence-electron chi connectivity index (χ4n) is 2.92. The van der Waals surface area contributed by atoms with Crippen LogP contribution in [-0.4, -0.2) is 47.9 Å². The molecule has 8 heteroatoms. The number of urea groups is 1. The number of nitrogens with one attached hydrogen (secondary N) is 1. The number of piperazine rings is 1. The van der Waals surface area contributed by atoms with E-state index >= 15 is 0 Å². The molecule has 2 heterocycles. The van der Waals surface area contributed by atoms with Crippen LogP contribution in [0.25, 0.3) is 0 Å². The second kappa shape index (κ2) is 7.15. The van der Waals surface area contributed by atoms with Crippen molar-refractivity contribution in [3.8, 4) is 0 Å². The molecule has 0 spiro atoms. The van der Waals surface area contributed by atoms with Crippen molar-refractivity contribution in [1.29, 1.82) is 0 Å². The predicted molar refractivity (Wildman–Crippen MR) is 91.0 cm³/mol. The summed E-state index contributed by atoms with van der Waals surface area (Å²) in [7, 11) is 0. The molecular formula is C18H19F2N3O3. The lowest BCUT2D eigenvalue weighted by Crippen LogP contribution is -2.51. The van der Waals surface area contributed by atoms with Crippen molar-refractivity contribution in [3.63, 3.8) is 0 Å². The lowest BCUT2D eigenvalue weighted by Gasteiger charge is -2.34. The third-order valence-electron chi connectivity index (χ3n) is 4.32. The van der Waals surface area contributed by atoms with Crippen LogP contribution in [0, 0.1) is 25.5 Å². The Labute approximate surface area is 149 Å². The maximum absolute atomic E-state index is 13.7. The lowest BCUT2D eigenvalue weighted by molar-refractivity contribution is 0.0670. The van der Waals surface area contributed by atoms with Gasteiger partial charge in [-0.25, -0.2) is 13.6 Å². The van der Waals surface area contributed by atoms with E-state index in [2.05, 4.69) is 5.32 Å². The van der Waals surface area contributed by atoms with Gasteiger partial charge in [0.1, 0.15) is 11.5 Å². The van der Waals surface area contributed by atoms with Crippen molar-refractivity contribution in [2.45, 2.75) is 13.8 Å². The summed E-state index contributed by atoms with van der Waals surface area (Å²) in [5.74, 6) is -1.03. The molecule has 1 N–H and O–H groups in total. The van der Waals surface area contributed by atoms with Crippen LogP contribution in [0.3, 0.4) is 0 Å². The summed E-state index contributed by atoms with van der Waals surface area (Å²) < 4.78 is 32.3. The van der Waals surface area contributed by atoms with E-state index in [1.807, 2.05) is 0 Å². The summed E-state index contributed by atoms with van der Waals surface area (Å²) in [5.41, 5.74) is 0.306. The van der Waals surface area contributed by atoms with E-state index in [0.29, 0.717) is 43.3 Å². The Morgan fingerprint density at radius 2 is 1.73 bits per heavy atom. The average molecular weight is 363 g/mol. The van der Waals surface area contributed by atoms with Gasteiger partial charge in [-0.05, 0) is 32.0 Å². The highest BCUT2D eigenvalue weighted by molar-refractivity contribution is 5.95. The van der Waals surface area contributed by atoms with Crippen LogP contribution in [-0.2, 0) is 0 Å². The van der Waals surface area contributed by atoms with Crippen LogP contribution >= 0.6 is 0 Å². The summed E-state index contributed by atoms with van der Waals surface area (Å²) in [4.78, 5) is 27.9. The molecule has 0 atom stereocenters. The third-order valence-corrected chi connectivity index (χ3v) is 4.32. The molecular weight excluding hydrogens is 344 g/mol. The molecule has 1 aromatic heterocycles. The highest BCUT2D eigenvalue weighted by Crippen LogP contribution is 2.19. The van der Waals surface area contributed by atoms with Crippen LogP contribution in [0.4, 0.5) is 19.3 Å². The number of hydrogen-bond donors (Lipinski definition) is 1. The summed E-state index contributed by atoms with van der Waals surface area (Å²) in [5, 5.41) is 2.36. The van der Waals surface area contributed by atoms with Crippen LogP contribution < -0.4 is 5.32 Å². The maximum Gasteiger partial charge on any atom is 0.322 e. The molecule has 0 unspecified atom stereocenters. The zero-order valence-electron chi connectivity index (χ0n) is 14.5. The molecule has 1 saturated heterocycles. The molecule has 1 aliphatic heterocycles. The number of carbonyl (C=O) groups excluding carboxylic acids is 2. The molecule has 3 rings (SSSR count). The van der Waals surface area contributed by atoms with Gasteiger partial charge in [-0.3, -0.25) is 4.79 Å². The number of halogens is 2. The van der Waals surface area contributed by atoms with Gasteiger partial charge in [0.2, 0.25) is 0 Å². The number of carbonyl (C=O) groups is 2. The zero-order chi connectivity index (χ0) is 18.8. The van der Waals surface area contributed by atoms with E-state index in [1.165, 1.54) is 17.0 Å². The number of rotatable bonds is 2. The molecule has 2 aromatic rings. The first-order valence-electron chi connectivity index (χ1n) is 8.23. The molecule has 0 radical (unpaired) electrons. The summed E-state index contributed by atoms with van der Waals surface area (Å²) in [6, 6.07) is 4.76. The molecule has 0 bridgehead atoms. The standard InChI is InChI=1S/C18H19F2N3O3/c1-11-10-13(12(2)26-11)17(24)22-6-8-23(9-7-22)18(25)21-15-5-3-4-14(19)16(15)20/h3-5,10H,6-9H2,1-2H3,(H,21,25). The van der Waals surface area contributed by atoms with E-state index in [0.717, 1.165) is 6.07 Å². The van der Waals surface area contributed by atoms with E-state index in [9.17, 15) is 18.4 Å². The van der Waals surface area contributed by atoms with Crippen LogP contribution in [0.2, 0.25) is 0 Å². The number of anilines is 1. The SMILES string of the molecule is Cc1cc(C(=O)N2CCN(C(=O)Nc3cccc(F)c3F)CC2)c(C)o1. The van der Waals surface area contributed by atoms with E-state index in [4.69, 9.17) is 4.42 Å². The summed E-state index contributed by atoms with van der Waals surface area (Å²) in [6.07, 6.45) is 0. The van der Waals surface area contributed by atoms with Gasteiger partial charge >= 0.3 is 6.03 Å². The molecule has 0 aliphatic carbocycles. The highest BCUT2D eigenvalue weighted by Gasteiger charge is 2.27. The summed E-state index contributed by atoms with van der Waals surface area (Å²) in [6.45, 7) is 4.80. The Morgan fingerprint density at radius 3 is 2.35 bits per heavy atom. The Balaban J connectivity index is 1.59. The minimum absolute atomic E-state index is 0.143. The largest absolute Gasteiger partial charge is 0.466 e. The normalized spacial score (nSPS) is 14.5. The van der Waals surface area contributed by atoms with E-state index < -0.39 is 17.7 Å². The first-order valence-corrected chi connectivity index (χ1v) is 8.23. The number of amides is 3. The number of aryl methyl sites for hydroxylation is 2. The maximum atomic E-state index is 13.7. The van der Waals surface area contributed by atoms with Crippen molar-refractivity contribution < 1.29 is 22.8 Å². The molecule has 138 valence electrons. The molecule has 1 aliphatic rings. The smallest absolute Gasteiger partial charge is 0.322 e. The van der Waals surface area contributed by atoms with Gasteiger partial charge in [-0.2, -0.15) is 0 Å². The first-order chi connectivity index (χ1) is 12.4. The molecule has 6 nitrogen and oxygen atoms in total. The van der Waals surface area contributed by atoms with Gasteiger partial charge in [0.15, 0.2) is 11.6 Å². The third kappa shape index (κ3) is 3.54. The first kappa shape index (κ1) is 17.9. The second-order valence-corrected chi connectivity index (χ2v) is 6.14. The van der Waals surface area contributed by atoms with Crippen LogP contribution in [0.15, 0.2) is 28.7 Å². The number of nitrogens with zero attached hydrogens (tertiary/aromatic N) is 2. The van der Waals surface area contributed by atoms with E-state index in [-0.39, 0.29) is 11.6 Å². The fraction of sp³-hybridized carbons (Fsp3) is 0.333. The fourth-order valence-corrected chi connectivity index (χ4v) is 2.92. The van der Waals surface area contributed by atoms with Gasteiger partial charge in [-0.15, -0.1) is 0 Å². The average Bonchev–Trinajstić information content (AvgIpc) is 2.96. The monoisotopic (exact) mass is 363 g/mol. The van der Waals surface area contributed by atoms with Gasteiger partial charge in [0.05, 0.1) is 11.3 Å². The molecule has 3 amide bonds. The second-order valence-electron chi connectivity index (χ2n) is 6.14. The molecule has 26 heavy (non-hydrogen) atoms. The van der Waals surface area contributed by atoms with E-state index in [1.54, 1.807) is 24.8 Å². The topological polar surface area (TPSA) is 65.8 Å². The van der Waals surface area contributed by atoms with Crippen molar-refractivity contribution in [2.75, 3.05) is 31.5 Å². The molecule has 0 saturated carbocycles. The predicted octanol–water partition coefficient (Wildman–Crippen LogP) is 3.16. The number of furan rings is 1. The Kier molecular flexibility index (Phi) is 4.92. The Hall–Kier alpha value is -2.90. The van der Waals surface area contributed by atoms with Crippen molar-refractivity contribution >= 4 is 17.6 Å². The Bertz CT molecular complexity index is 842. The minimum Gasteiger partial charge on any atom is -0.466 e. The van der Waals surface area contributed by atoms with Crippen molar-refractivity contribution in [2.24, 2.45) is 0 Å². The van der Waals surface area contributed by atoms with Crippen molar-refractivity contribution in [1.82, 2.24) is 9.80 Å². The minimum atomic E-state index is -1.10. The highest BCUT2D eigenvalue weighted by atomic mass is 19.2. The quantitative estimate of drug-likeness (QED) is 0.891. The zero-order valence-corrected chi connectivity index (χ0v) is 14.5. The van der Waals surface area contributed by atoms with Crippen LogP contribution in [0.1, 0.15) is 21.9 Å². The summed E-state index contributed by atoms with van der Waals surface area (Å²) >= 11 is 0. The molecule has 1 aromatic carbocycles. The van der Waals surface area contributed by atoms with Gasteiger partial charge in [0, 0.05) is 26.2 Å². The van der Waals surface area contributed by atoms with Gasteiger partial charge in [-0.1, -0.05) is 6.07 Å². The molecule has 1 fully saturated rings. The Morgan fingerprint density at radius 1 is 1.08 bits per heavy atom. The number of hydrogen-bond acceptors (Lipinski definition) is 3. The van der Waals surface area contributed by atoms with Gasteiger partial charge < -0.3 is 19.5 Å². The van der Waals surface area contributed by atoms with Crippen molar-refractivity contribution in [3.05, 3.63) is 53.0 Å². The van der Waals surface area contributed by atoms with Gasteiger partial charge in [0.25, 0.3) is 5.91 Å². The lowest BCUT2D eigenvalue weighted by atomic mass is 10.2. The number of benzene rings is 1.